The van der Waals surface area contributed by atoms with Crippen LogP contribution in [0.3, 0.4) is 0 Å². The second-order valence-electron chi connectivity index (χ2n) is 3.22. The molecule has 0 bridgehead atoms. The third-order valence-corrected chi connectivity index (χ3v) is 2.22. The summed E-state index contributed by atoms with van der Waals surface area (Å²) in [5.74, 6) is -0.852. The minimum absolute atomic E-state index is 0.559. The van der Waals surface area contributed by atoms with Crippen LogP contribution < -0.4 is 10.6 Å². The molecule has 0 spiro atoms. The highest BCUT2D eigenvalue weighted by Gasteiger charge is 2.16. The number of carboxylic acids is 1. The van der Waals surface area contributed by atoms with Gasteiger partial charge in [0.05, 0.1) is 0 Å². The molecule has 4 heteroatoms. The molecule has 0 heterocycles. The van der Waals surface area contributed by atoms with E-state index in [4.69, 9.17) is 10.8 Å². The summed E-state index contributed by atoms with van der Waals surface area (Å²) in [6.45, 7) is 1.63. The second kappa shape index (κ2) is 4.00. The number of nitrogens with two attached hydrogens (primary N) is 1. The molecule has 0 aliphatic rings. The third kappa shape index (κ3) is 2.16. The van der Waals surface area contributed by atoms with Gasteiger partial charge < -0.3 is 15.7 Å². The molecule has 0 radical (unpaired) electrons. The molecular formula is C10H14N2O2. The number of benzene rings is 1. The summed E-state index contributed by atoms with van der Waals surface area (Å²) < 4.78 is 0. The second-order valence-corrected chi connectivity index (χ2v) is 3.22. The first-order chi connectivity index (χ1) is 6.52. The molecule has 0 aliphatic carbocycles. The monoisotopic (exact) mass is 194 g/mol. The number of nitrogen functional groups attached to an aromatic ring is 1. The highest BCUT2D eigenvalue weighted by atomic mass is 16.4. The number of hydrogen-bond acceptors (Lipinski definition) is 3. The number of anilines is 2. The Morgan fingerprint density at radius 1 is 1.57 bits per heavy atom. The fraction of sp³-hybridized carbons (Fsp3) is 0.300. The van der Waals surface area contributed by atoms with E-state index >= 15 is 0 Å². The van der Waals surface area contributed by atoms with Crippen LogP contribution in [0.2, 0.25) is 0 Å². The zero-order chi connectivity index (χ0) is 10.7. The lowest BCUT2D eigenvalue weighted by molar-refractivity contribution is -0.138. The molecule has 0 amide bonds. The van der Waals surface area contributed by atoms with Crippen LogP contribution >= 0.6 is 0 Å². The highest BCUT2D eigenvalue weighted by molar-refractivity contribution is 5.77. The molecule has 1 atom stereocenters. The van der Waals surface area contributed by atoms with Crippen LogP contribution in [0.5, 0.6) is 0 Å². The van der Waals surface area contributed by atoms with Gasteiger partial charge in [-0.3, -0.25) is 0 Å². The van der Waals surface area contributed by atoms with E-state index in [1.165, 1.54) is 0 Å². The first-order valence-corrected chi connectivity index (χ1v) is 4.33. The van der Waals surface area contributed by atoms with Gasteiger partial charge in [0.1, 0.15) is 6.04 Å². The summed E-state index contributed by atoms with van der Waals surface area (Å²) in [6, 6.07) is 6.59. The molecule has 0 aromatic heterocycles. The molecule has 0 saturated heterocycles. The van der Waals surface area contributed by atoms with Crippen molar-refractivity contribution >= 4 is 17.3 Å². The van der Waals surface area contributed by atoms with Crippen molar-refractivity contribution in [3.05, 3.63) is 24.3 Å². The summed E-state index contributed by atoms with van der Waals surface area (Å²) in [5, 5.41) is 8.81. The van der Waals surface area contributed by atoms with E-state index in [0.717, 1.165) is 5.69 Å². The number of nitrogens with zero attached hydrogens (tertiary/aromatic N) is 1. The van der Waals surface area contributed by atoms with Gasteiger partial charge in [-0.1, -0.05) is 6.07 Å². The van der Waals surface area contributed by atoms with E-state index in [1.54, 1.807) is 37.1 Å². The van der Waals surface area contributed by atoms with Gasteiger partial charge in [0, 0.05) is 18.4 Å². The molecular weight excluding hydrogens is 180 g/mol. The van der Waals surface area contributed by atoms with Crippen molar-refractivity contribution in [3.63, 3.8) is 0 Å². The summed E-state index contributed by atoms with van der Waals surface area (Å²) in [6.07, 6.45) is 0. The molecule has 0 fully saturated rings. The number of hydrogen-bond donors (Lipinski definition) is 2. The molecule has 1 aromatic carbocycles. The molecule has 1 aromatic rings. The van der Waals surface area contributed by atoms with Crippen molar-refractivity contribution in [3.8, 4) is 0 Å². The Hall–Kier alpha value is -1.71. The number of likely N-dealkylation sites (N-methyl/N-ethyl adjacent to an activating group) is 1. The predicted octanol–water partition coefficient (Wildman–Crippen LogP) is 1.18. The average molecular weight is 194 g/mol. The predicted molar refractivity (Wildman–Crippen MR) is 56.4 cm³/mol. The Bertz CT molecular complexity index is 339. The number of rotatable bonds is 3. The van der Waals surface area contributed by atoms with E-state index in [9.17, 15) is 4.79 Å². The zero-order valence-corrected chi connectivity index (χ0v) is 8.27. The van der Waals surface area contributed by atoms with Gasteiger partial charge >= 0.3 is 5.97 Å². The Kier molecular flexibility index (Phi) is 2.96. The van der Waals surface area contributed by atoms with E-state index in [1.807, 2.05) is 6.07 Å². The van der Waals surface area contributed by atoms with E-state index in [0.29, 0.717) is 5.69 Å². The fourth-order valence-corrected chi connectivity index (χ4v) is 1.13. The minimum atomic E-state index is -0.852. The van der Waals surface area contributed by atoms with Crippen LogP contribution in [-0.4, -0.2) is 24.2 Å². The maximum atomic E-state index is 10.7. The Morgan fingerprint density at radius 3 is 2.71 bits per heavy atom. The normalized spacial score (nSPS) is 12.1. The topological polar surface area (TPSA) is 66.6 Å². The largest absolute Gasteiger partial charge is 0.480 e. The van der Waals surface area contributed by atoms with E-state index in [-0.39, 0.29) is 0 Å². The zero-order valence-electron chi connectivity index (χ0n) is 8.27. The highest BCUT2D eigenvalue weighted by Crippen LogP contribution is 2.17. The van der Waals surface area contributed by atoms with Crippen LogP contribution in [0.25, 0.3) is 0 Å². The van der Waals surface area contributed by atoms with E-state index in [2.05, 4.69) is 0 Å². The lowest BCUT2D eigenvalue weighted by atomic mass is 10.2. The number of carbonyl (C=O) groups is 1. The van der Waals surface area contributed by atoms with Crippen LogP contribution in [0.15, 0.2) is 24.3 Å². The fourth-order valence-electron chi connectivity index (χ4n) is 1.13. The van der Waals surface area contributed by atoms with E-state index < -0.39 is 12.0 Å². The first-order valence-electron chi connectivity index (χ1n) is 4.33. The smallest absolute Gasteiger partial charge is 0.326 e. The summed E-state index contributed by atoms with van der Waals surface area (Å²) in [4.78, 5) is 12.4. The van der Waals surface area contributed by atoms with Crippen molar-refractivity contribution in [1.82, 2.24) is 0 Å². The summed E-state index contributed by atoms with van der Waals surface area (Å²) >= 11 is 0. The average Bonchev–Trinajstić information content (AvgIpc) is 2.15. The lowest BCUT2D eigenvalue weighted by Crippen LogP contribution is -2.35. The molecule has 76 valence electrons. The Morgan fingerprint density at radius 2 is 2.21 bits per heavy atom. The molecule has 14 heavy (non-hydrogen) atoms. The van der Waals surface area contributed by atoms with Gasteiger partial charge in [-0.2, -0.15) is 0 Å². The van der Waals surface area contributed by atoms with Gasteiger partial charge in [-0.25, -0.2) is 4.79 Å². The van der Waals surface area contributed by atoms with Crippen LogP contribution in [0.1, 0.15) is 6.92 Å². The molecule has 1 unspecified atom stereocenters. The first kappa shape index (κ1) is 10.4. The Balaban J connectivity index is 2.89. The van der Waals surface area contributed by atoms with Crippen molar-refractivity contribution in [2.24, 2.45) is 0 Å². The van der Waals surface area contributed by atoms with Crippen LogP contribution in [-0.2, 0) is 4.79 Å². The van der Waals surface area contributed by atoms with Crippen LogP contribution in [0, 0.1) is 0 Å². The molecule has 0 aliphatic heterocycles. The lowest BCUT2D eigenvalue weighted by Gasteiger charge is -2.23. The molecule has 4 nitrogen and oxygen atoms in total. The molecule has 3 N–H and O–H groups in total. The Labute approximate surface area is 82.9 Å². The van der Waals surface area contributed by atoms with Gasteiger partial charge in [0.25, 0.3) is 0 Å². The summed E-state index contributed by atoms with van der Waals surface area (Å²) in [5.41, 5.74) is 7.04. The van der Waals surface area contributed by atoms with Gasteiger partial charge in [-0.15, -0.1) is 0 Å². The number of aliphatic carboxylic acids is 1. The van der Waals surface area contributed by atoms with Crippen molar-refractivity contribution < 1.29 is 9.90 Å². The quantitative estimate of drug-likeness (QED) is 0.709. The maximum absolute atomic E-state index is 10.7. The van der Waals surface area contributed by atoms with Crippen molar-refractivity contribution in [2.45, 2.75) is 13.0 Å². The minimum Gasteiger partial charge on any atom is -0.480 e. The SMILES string of the molecule is CC(C(=O)O)N(C)c1cccc(N)c1. The standard InChI is InChI=1S/C10H14N2O2/c1-7(10(13)14)12(2)9-5-3-4-8(11)6-9/h3-7H,11H2,1-2H3,(H,13,14). The van der Waals surface area contributed by atoms with Crippen molar-refractivity contribution in [2.75, 3.05) is 17.7 Å². The van der Waals surface area contributed by atoms with Crippen LogP contribution in [0.4, 0.5) is 11.4 Å². The van der Waals surface area contributed by atoms with Gasteiger partial charge in [-0.05, 0) is 25.1 Å². The molecule has 1 rings (SSSR count). The van der Waals surface area contributed by atoms with Crippen molar-refractivity contribution in [1.29, 1.82) is 0 Å². The maximum Gasteiger partial charge on any atom is 0.326 e. The molecule has 0 saturated carbocycles. The van der Waals surface area contributed by atoms with Gasteiger partial charge in [0.2, 0.25) is 0 Å². The number of carboxylic acid groups (broad SMARTS) is 1. The van der Waals surface area contributed by atoms with Gasteiger partial charge in [0.15, 0.2) is 0 Å². The third-order valence-electron chi connectivity index (χ3n) is 2.22. The summed E-state index contributed by atoms with van der Waals surface area (Å²) in [7, 11) is 1.73.